The van der Waals surface area contributed by atoms with Gasteiger partial charge in [-0.2, -0.15) is 13.2 Å². The molecule has 1 saturated carbocycles. The molecule has 0 unspecified atom stereocenters. The average Bonchev–Trinajstić information content (AvgIpc) is 3.25. The molecule has 2 N–H and O–H groups in total. The molecule has 1 fully saturated rings. The van der Waals surface area contributed by atoms with Crippen LogP contribution in [0.15, 0.2) is 29.3 Å². The second-order valence-corrected chi connectivity index (χ2v) is 6.21. The lowest BCUT2D eigenvalue weighted by Gasteiger charge is -2.16. The minimum Gasteiger partial charge on any atom is -0.357 e. The van der Waals surface area contributed by atoms with Crippen LogP contribution in [-0.2, 0) is 5.41 Å². The first-order valence-electron chi connectivity index (χ1n) is 7.70. The summed E-state index contributed by atoms with van der Waals surface area (Å²) in [5.41, 5.74) is 1.17. The fraction of sp³-hybridized carbons (Fsp3) is 0.562. The summed E-state index contributed by atoms with van der Waals surface area (Å²) in [7, 11) is 0. The van der Waals surface area contributed by atoms with E-state index in [9.17, 15) is 13.2 Å². The van der Waals surface area contributed by atoms with E-state index < -0.39 is 12.6 Å². The molecule has 1 aliphatic carbocycles. The Morgan fingerprint density at radius 1 is 1.22 bits per heavy atom. The minimum absolute atomic E-state index is 0.00301. The van der Waals surface area contributed by atoms with Gasteiger partial charge in [-0.05, 0) is 37.5 Å². The SMILES string of the molecule is CCNC(=NCC1(c2ccc(Cl)cc2)CC1)NCCC(F)(F)F. The monoisotopic (exact) mass is 347 g/mol. The predicted molar refractivity (Wildman–Crippen MR) is 87.0 cm³/mol. The Balaban J connectivity index is 1.95. The van der Waals surface area contributed by atoms with E-state index in [1.807, 2.05) is 31.2 Å². The van der Waals surface area contributed by atoms with Crippen molar-refractivity contribution in [3.63, 3.8) is 0 Å². The molecule has 7 heteroatoms. The molecule has 23 heavy (non-hydrogen) atoms. The molecule has 3 nitrogen and oxygen atoms in total. The number of rotatable bonds is 6. The van der Waals surface area contributed by atoms with Crippen molar-refractivity contribution in [2.45, 2.75) is 37.8 Å². The van der Waals surface area contributed by atoms with Crippen molar-refractivity contribution in [2.75, 3.05) is 19.6 Å². The quantitative estimate of drug-likeness (QED) is 0.605. The molecular formula is C16H21ClF3N3. The molecule has 0 saturated heterocycles. The topological polar surface area (TPSA) is 36.4 Å². The molecule has 0 atom stereocenters. The Labute approximate surface area is 139 Å². The van der Waals surface area contributed by atoms with Crippen LogP contribution < -0.4 is 10.6 Å². The van der Waals surface area contributed by atoms with Crippen molar-refractivity contribution in [1.29, 1.82) is 0 Å². The van der Waals surface area contributed by atoms with Gasteiger partial charge in [0.05, 0.1) is 13.0 Å². The molecule has 0 aliphatic heterocycles. The van der Waals surface area contributed by atoms with Crippen LogP contribution in [0.25, 0.3) is 0 Å². The van der Waals surface area contributed by atoms with E-state index in [4.69, 9.17) is 11.6 Å². The Bertz CT molecular complexity index is 536. The van der Waals surface area contributed by atoms with E-state index in [0.29, 0.717) is 24.1 Å². The normalized spacial score (nSPS) is 17.0. The van der Waals surface area contributed by atoms with Gasteiger partial charge in [-0.25, -0.2) is 0 Å². The zero-order valence-corrected chi connectivity index (χ0v) is 13.8. The molecule has 128 valence electrons. The van der Waals surface area contributed by atoms with Gasteiger partial charge in [0.15, 0.2) is 5.96 Å². The van der Waals surface area contributed by atoms with E-state index in [1.165, 1.54) is 5.56 Å². The number of nitrogens with zero attached hydrogens (tertiary/aromatic N) is 1. The summed E-state index contributed by atoms with van der Waals surface area (Å²) in [6.45, 7) is 2.86. The molecule has 0 aromatic heterocycles. The fourth-order valence-corrected chi connectivity index (χ4v) is 2.51. The summed E-state index contributed by atoms with van der Waals surface area (Å²) in [5, 5.41) is 6.41. The van der Waals surface area contributed by atoms with E-state index in [-0.39, 0.29) is 12.0 Å². The lowest BCUT2D eigenvalue weighted by molar-refractivity contribution is -0.132. The summed E-state index contributed by atoms with van der Waals surface area (Å²) in [6, 6.07) is 7.70. The number of alkyl halides is 3. The number of aliphatic imine (C=N–C) groups is 1. The van der Waals surface area contributed by atoms with Crippen LogP contribution in [0.3, 0.4) is 0 Å². The van der Waals surface area contributed by atoms with Gasteiger partial charge in [-0.1, -0.05) is 23.7 Å². The highest BCUT2D eigenvalue weighted by Gasteiger charge is 2.44. The van der Waals surface area contributed by atoms with Gasteiger partial charge in [0.1, 0.15) is 0 Å². The largest absolute Gasteiger partial charge is 0.390 e. The zero-order valence-electron chi connectivity index (χ0n) is 13.0. The lowest BCUT2D eigenvalue weighted by atomic mass is 9.96. The summed E-state index contributed by atoms with van der Waals surface area (Å²) >= 11 is 5.91. The second kappa shape index (κ2) is 7.43. The number of hydrogen-bond donors (Lipinski definition) is 2. The van der Waals surface area contributed by atoms with Gasteiger partial charge < -0.3 is 10.6 Å². The van der Waals surface area contributed by atoms with Crippen LogP contribution in [0.2, 0.25) is 5.02 Å². The standard InChI is InChI=1S/C16H21ClF3N3/c1-2-21-14(22-10-9-16(18,19)20)23-11-15(7-8-15)12-3-5-13(17)6-4-12/h3-6H,2,7-11H2,1H3,(H2,21,22,23). The van der Waals surface area contributed by atoms with Gasteiger partial charge in [0, 0.05) is 23.5 Å². The highest BCUT2D eigenvalue weighted by Crippen LogP contribution is 2.48. The second-order valence-electron chi connectivity index (χ2n) is 5.77. The lowest BCUT2D eigenvalue weighted by Crippen LogP contribution is -2.39. The molecule has 0 bridgehead atoms. The maximum atomic E-state index is 12.2. The van der Waals surface area contributed by atoms with Crippen molar-refractivity contribution < 1.29 is 13.2 Å². The molecule has 1 aromatic carbocycles. The van der Waals surface area contributed by atoms with Gasteiger partial charge in [-0.3, -0.25) is 4.99 Å². The zero-order chi connectivity index (χ0) is 16.9. The molecule has 0 heterocycles. The average molecular weight is 348 g/mol. The number of nitrogens with one attached hydrogen (secondary N) is 2. The number of hydrogen-bond acceptors (Lipinski definition) is 1. The summed E-state index contributed by atoms with van der Waals surface area (Å²) < 4.78 is 36.7. The van der Waals surface area contributed by atoms with Crippen LogP contribution in [-0.4, -0.2) is 31.8 Å². The number of halogens is 4. The van der Waals surface area contributed by atoms with E-state index >= 15 is 0 Å². The first-order chi connectivity index (χ1) is 10.8. The van der Waals surface area contributed by atoms with Crippen LogP contribution in [0.4, 0.5) is 13.2 Å². The molecule has 1 aliphatic rings. The van der Waals surface area contributed by atoms with Crippen molar-refractivity contribution in [1.82, 2.24) is 10.6 Å². The smallest absolute Gasteiger partial charge is 0.357 e. The Hall–Kier alpha value is -1.43. The van der Waals surface area contributed by atoms with Crippen LogP contribution in [0.5, 0.6) is 0 Å². The van der Waals surface area contributed by atoms with Crippen LogP contribution in [0, 0.1) is 0 Å². The van der Waals surface area contributed by atoms with Gasteiger partial charge in [0.25, 0.3) is 0 Å². The Morgan fingerprint density at radius 3 is 2.39 bits per heavy atom. The maximum absolute atomic E-state index is 12.2. The highest BCUT2D eigenvalue weighted by atomic mass is 35.5. The number of benzene rings is 1. The van der Waals surface area contributed by atoms with Crippen molar-refractivity contribution in [3.8, 4) is 0 Å². The maximum Gasteiger partial charge on any atom is 0.390 e. The minimum atomic E-state index is -4.16. The summed E-state index contributed by atoms with van der Waals surface area (Å²) in [4.78, 5) is 4.46. The summed E-state index contributed by atoms with van der Waals surface area (Å²) in [6.07, 6.45) is -2.98. The first kappa shape index (κ1) is 17.9. The van der Waals surface area contributed by atoms with Gasteiger partial charge >= 0.3 is 6.18 Å². The summed E-state index contributed by atoms with van der Waals surface area (Å²) in [5.74, 6) is 0.428. The third-order valence-corrected chi connectivity index (χ3v) is 4.15. The fourth-order valence-electron chi connectivity index (χ4n) is 2.39. The molecular weight excluding hydrogens is 327 g/mol. The van der Waals surface area contributed by atoms with E-state index in [0.717, 1.165) is 12.8 Å². The van der Waals surface area contributed by atoms with E-state index in [1.54, 1.807) is 0 Å². The van der Waals surface area contributed by atoms with Gasteiger partial charge in [-0.15, -0.1) is 0 Å². The van der Waals surface area contributed by atoms with Crippen molar-refractivity contribution in [3.05, 3.63) is 34.9 Å². The highest BCUT2D eigenvalue weighted by molar-refractivity contribution is 6.30. The van der Waals surface area contributed by atoms with Crippen LogP contribution in [0.1, 0.15) is 31.7 Å². The van der Waals surface area contributed by atoms with Crippen molar-refractivity contribution in [2.24, 2.45) is 4.99 Å². The predicted octanol–water partition coefficient (Wildman–Crippen LogP) is 3.88. The number of guanidine groups is 1. The third kappa shape index (κ3) is 5.61. The molecule has 0 radical (unpaired) electrons. The van der Waals surface area contributed by atoms with Gasteiger partial charge in [0.2, 0.25) is 0 Å². The Kier molecular flexibility index (Phi) is 5.79. The van der Waals surface area contributed by atoms with Crippen molar-refractivity contribution >= 4 is 17.6 Å². The molecule has 0 amide bonds. The van der Waals surface area contributed by atoms with Crippen LogP contribution >= 0.6 is 11.6 Å². The van der Waals surface area contributed by atoms with E-state index in [2.05, 4.69) is 15.6 Å². The molecule has 0 spiro atoms. The Morgan fingerprint density at radius 2 is 1.87 bits per heavy atom. The first-order valence-corrected chi connectivity index (χ1v) is 8.07. The molecule has 1 aromatic rings. The molecule has 2 rings (SSSR count). The third-order valence-electron chi connectivity index (χ3n) is 3.90.